The molecule has 1 rings (SSSR count). The van der Waals surface area contributed by atoms with Gasteiger partial charge in [-0.25, -0.2) is 4.98 Å². The van der Waals surface area contributed by atoms with Crippen molar-refractivity contribution in [3.8, 4) is 0 Å². The van der Waals surface area contributed by atoms with Gasteiger partial charge in [0, 0.05) is 18.2 Å². The predicted octanol–water partition coefficient (Wildman–Crippen LogP) is 2.85. The number of rotatable bonds is 6. The van der Waals surface area contributed by atoms with E-state index in [-0.39, 0.29) is 11.7 Å². The summed E-state index contributed by atoms with van der Waals surface area (Å²) in [6.45, 7) is 6.42. The van der Waals surface area contributed by atoms with Gasteiger partial charge in [0.25, 0.3) is 5.69 Å². The second-order valence-electron chi connectivity index (χ2n) is 4.89. The first kappa shape index (κ1) is 15.8. The number of hydrogen-bond acceptors (Lipinski definition) is 5. The van der Waals surface area contributed by atoms with Gasteiger partial charge in [0.05, 0.1) is 9.40 Å². The maximum absolute atomic E-state index is 10.8. The predicted molar refractivity (Wildman–Crippen MR) is 79.2 cm³/mol. The Bertz CT molecular complexity index is 465. The number of nitrogens with zero attached hydrogens (tertiary/aromatic N) is 2. The Hall–Kier alpha value is -1.21. The number of aromatic nitrogens is 1. The SMILES string of the molecule is Cc1c([N+](=O)[O-])cnc(NC(CN)CC(C)C)c1Br. The molecule has 19 heavy (non-hydrogen) atoms. The summed E-state index contributed by atoms with van der Waals surface area (Å²) in [4.78, 5) is 14.5. The summed E-state index contributed by atoms with van der Waals surface area (Å²) in [5.41, 5.74) is 6.28. The average Bonchev–Trinajstić information content (AvgIpc) is 2.33. The average molecular weight is 331 g/mol. The van der Waals surface area contributed by atoms with E-state index in [2.05, 4.69) is 40.1 Å². The van der Waals surface area contributed by atoms with E-state index in [1.807, 2.05) is 0 Å². The van der Waals surface area contributed by atoms with Crippen LogP contribution in [-0.4, -0.2) is 22.5 Å². The van der Waals surface area contributed by atoms with E-state index in [1.165, 1.54) is 6.20 Å². The van der Waals surface area contributed by atoms with E-state index in [0.717, 1.165) is 6.42 Å². The molecule has 1 aromatic heterocycles. The van der Waals surface area contributed by atoms with Crippen molar-refractivity contribution in [1.29, 1.82) is 0 Å². The fraction of sp³-hybridized carbons (Fsp3) is 0.583. The summed E-state index contributed by atoms with van der Waals surface area (Å²) in [7, 11) is 0. The summed E-state index contributed by atoms with van der Waals surface area (Å²) in [5.74, 6) is 1.11. The number of nitrogens with one attached hydrogen (secondary N) is 1. The highest BCUT2D eigenvalue weighted by molar-refractivity contribution is 9.10. The lowest BCUT2D eigenvalue weighted by atomic mass is 10.0. The summed E-state index contributed by atoms with van der Waals surface area (Å²) < 4.78 is 0.615. The zero-order valence-corrected chi connectivity index (χ0v) is 12.9. The van der Waals surface area contributed by atoms with Crippen molar-refractivity contribution in [1.82, 2.24) is 4.98 Å². The first-order valence-electron chi connectivity index (χ1n) is 6.12. The minimum absolute atomic E-state index is 0.00517. The molecule has 7 heteroatoms. The van der Waals surface area contributed by atoms with E-state index in [0.29, 0.717) is 28.3 Å². The van der Waals surface area contributed by atoms with Gasteiger partial charge < -0.3 is 11.1 Å². The summed E-state index contributed by atoms with van der Waals surface area (Å²) in [6.07, 6.45) is 2.19. The third kappa shape index (κ3) is 4.14. The number of pyridine rings is 1. The number of halogens is 1. The lowest BCUT2D eigenvalue weighted by Gasteiger charge is -2.20. The van der Waals surface area contributed by atoms with E-state index in [4.69, 9.17) is 5.73 Å². The molecule has 0 aromatic carbocycles. The number of hydrogen-bond donors (Lipinski definition) is 2. The fourth-order valence-corrected chi connectivity index (χ4v) is 2.25. The Balaban J connectivity index is 2.96. The van der Waals surface area contributed by atoms with Crippen LogP contribution in [0.25, 0.3) is 0 Å². The van der Waals surface area contributed by atoms with Gasteiger partial charge in [0.1, 0.15) is 12.0 Å². The third-order valence-corrected chi connectivity index (χ3v) is 3.79. The molecular formula is C12H19BrN4O2. The molecule has 0 aliphatic carbocycles. The van der Waals surface area contributed by atoms with Crippen LogP contribution in [0.1, 0.15) is 25.8 Å². The Kier molecular flexibility index (Phi) is 5.68. The van der Waals surface area contributed by atoms with Gasteiger partial charge in [-0.2, -0.15) is 0 Å². The molecule has 0 bridgehead atoms. The molecule has 1 heterocycles. The van der Waals surface area contributed by atoms with Gasteiger partial charge in [0.15, 0.2) is 0 Å². The van der Waals surface area contributed by atoms with Gasteiger partial charge in [-0.3, -0.25) is 10.1 Å². The van der Waals surface area contributed by atoms with Crippen molar-refractivity contribution in [2.24, 2.45) is 11.7 Å². The highest BCUT2D eigenvalue weighted by atomic mass is 79.9. The van der Waals surface area contributed by atoms with Gasteiger partial charge in [-0.1, -0.05) is 13.8 Å². The molecule has 0 aliphatic heterocycles. The fourth-order valence-electron chi connectivity index (χ4n) is 1.83. The highest BCUT2D eigenvalue weighted by Gasteiger charge is 2.19. The molecule has 1 atom stereocenters. The van der Waals surface area contributed by atoms with Crippen molar-refractivity contribution < 1.29 is 4.92 Å². The quantitative estimate of drug-likeness (QED) is 0.617. The lowest BCUT2D eigenvalue weighted by Crippen LogP contribution is -2.30. The number of anilines is 1. The van der Waals surface area contributed by atoms with Crippen LogP contribution in [0.3, 0.4) is 0 Å². The maximum Gasteiger partial charge on any atom is 0.291 e. The molecule has 0 saturated heterocycles. The van der Waals surface area contributed by atoms with Crippen LogP contribution in [-0.2, 0) is 0 Å². The van der Waals surface area contributed by atoms with E-state index in [1.54, 1.807) is 6.92 Å². The van der Waals surface area contributed by atoms with Crippen LogP contribution in [0.4, 0.5) is 11.5 Å². The Morgan fingerprint density at radius 1 is 1.58 bits per heavy atom. The van der Waals surface area contributed by atoms with Gasteiger partial charge in [-0.15, -0.1) is 0 Å². The molecule has 0 fully saturated rings. The van der Waals surface area contributed by atoms with E-state index >= 15 is 0 Å². The highest BCUT2D eigenvalue weighted by Crippen LogP contribution is 2.31. The topological polar surface area (TPSA) is 94.1 Å². The van der Waals surface area contributed by atoms with Crippen LogP contribution >= 0.6 is 15.9 Å². The second kappa shape index (κ2) is 6.81. The smallest absolute Gasteiger partial charge is 0.291 e. The van der Waals surface area contributed by atoms with Crippen LogP contribution in [0.5, 0.6) is 0 Å². The maximum atomic E-state index is 10.8. The molecule has 0 saturated carbocycles. The Morgan fingerprint density at radius 3 is 2.68 bits per heavy atom. The molecule has 1 aromatic rings. The monoisotopic (exact) mass is 330 g/mol. The summed E-state index contributed by atoms with van der Waals surface area (Å²) in [5, 5.41) is 14.0. The zero-order valence-electron chi connectivity index (χ0n) is 11.3. The Morgan fingerprint density at radius 2 is 2.21 bits per heavy atom. The van der Waals surface area contributed by atoms with Crippen molar-refractivity contribution in [3.63, 3.8) is 0 Å². The minimum Gasteiger partial charge on any atom is -0.365 e. The third-order valence-electron chi connectivity index (χ3n) is 2.82. The van der Waals surface area contributed by atoms with Crippen molar-refractivity contribution >= 4 is 27.4 Å². The molecule has 3 N–H and O–H groups in total. The molecule has 0 spiro atoms. The molecule has 0 radical (unpaired) electrons. The number of nitrogens with two attached hydrogens (primary N) is 1. The van der Waals surface area contributed by atoms with Crippen LogP contribution < -0.4 is 11.1 Å². The summed E-state index contributed by atoms with van der Waals surface area (Å²) >= 11 is 3.35. The Labute approximate surface area is 121 Å². The van der Waals surface area contributed by atoms with E-state index < -0.39 is 4.92 Å². The second-order valence-corrected chi connectivity index (χ2v) is 5.69. The summed E-state index contributed by atoms with van der Waals surface area (Å²) in [6, 6.07) is 0.102. The standard InChI is InChI=1S/C12H19BrN4O2/c1-7(2)4-9(5-14)16-12-11(13)8(3)10(6-15-12)17(18)19/h6-7,9H,4-5,14H2,1-3H3,(H,15,16). The lowest BCUT2D eigenvalue weighted by molar-refractivity contribution is -0.385. The molecular weight excluding hydrogens is 312 g/mol. The van der Waals surface area contributed by atoms with Crippen LogP contribution in [0, 0.1) is 23.0 Å². The van der Waals surface area contributed by atoms with Gasteiger partial charge >= 0.3 is 0 Å². The van der Waals surface area contributed by atoms with Gasteiger partial charge in [-0.05, 0) is 35.2 Å². The van der Waals surface area contributed by atoms with Crippen molar-refractivity contribution in [2.75, 3.05) is 11.9 Å². The van der Waals surface area contributed by atoms with E-state index in [9.17, 15) is 10.1 Å². The van der Waals surface area contributed by atoms with Crippen molar-refractivity contribution in [3.05, 3.63) is 26.3 Å². The van der Waals surface area contributed by atoms with Crippen LogP contribution in [0.15, 0.2) is 10.7 Å². The zero-order chi connectivity index (χ0) is 14.6. The number of nitro groups is 1. The largest absolute Gasteiger partial charge is 0.365 e. The minimum atomic E-state index is -0.439. The molecule has 0 amide bonds. The molecule has 6 nitrogen and oxygen atoms in total. The first-order valence-corrected chi connectivity index (χ1v) is 6.92. The van der Waals surface area contributed by atoms with Crippen molar-refractivity contribution in [2.45, 2.75) is 33.2 Å². The molecule has 1 unspecified atom stereocenters. The normalized spacial score (nSPS) is 12.5. The molecule has 0 aliphatic rings. The van der Waals surface area contributed by atoms with Crippen LogP contribution in [0.2, 0.25) is 0 Å². The van der Waals surface area contributed by atoms with Gasteiger partial charge in [0.2, 0.25) is 0 Å². The molecule has 106 valence electrons. The first-order chi connectivity index (χ1) is 8.86.